The van der Waals surface area contributed by atoms with E-state index in [4.69, 9.17) is 0 Å². The maximum absolute atomic E-state index is 4.56. The number of fused-ring (bicyclic) bond motifs is 1. The number of nitrogens with zero attached hydrogens (tertiary/aromatic N) is 2. The van der Waals surface area contributed by atoms with Crippen LogP contribution in [0.25, 0.3) is 0 Å². The van der Waals surface area contributed by atoms with E-state index in [2.05, 4.69) is 56.2 Å². The van der Waals surface area contributed by atoms with E-state index in [0.29, 0.717) is 4.83 Å². The Hall–Kier alpha value is -1.22. The summed E-state index contributed by atoms with van der Waals surface area (Å²) in [6.07, 6.45) is 8.78. The SMILES string of the molecule is BrC(Cc1ncnc2c1CCCCC2)c1ccccc1. The van der Waals surface area contributed by atoms with Crippen LogP contribution in [0.15, 0.2) is 36.7 Å². The van der Waals surface area contributed by atoms with Crippen LogP contribution in [0.3, 0.4) is 0 Å². The maximum atomic E-state index is 4.56. The second-order valence-electron chi connectivity index (χ2n) is 5.39. The maximum Gasteiger partial charge on any atom is 0.115 e. The molecule has 3 heteroatoms. The Labute approximate surface area is 128 Å². The van der Waals surface area contributed by atoms with E-state index in [9.17, 15) is 0 Å². The first-order valence-electron chi connectivity index (χ1n) is 7.35. The van der Waals surface area contributed by atoms with Gasteiger partial charge in [0, 0.05) is 22.6 Å². The summed E-state index contributed by atoms with van der Waals surface area (Å²) in [4.78, 5) is 9.38. The van der Waals surface area contributed by atoms with Crippen LogP contribution in [0, 0.1) is 0 Å². The van der Waals surface area contributed by atoms with E-state index in [1.54, 1.807) is 6.33 Å². The molecule has 0 amide bonds. The van der Waals surface area contributed by atoms with Gasteiger partial charge in [-0.15, -0.1) is 0 Å². The molecule has 1 aliphatic rings. The van der Waals surface area contributed by atoms with Crippen molar-refractivity contribution in [3.63, 3.8) is 0 Å². The van der Waals surface area contributed by atoms with Gasteiger partial charge in [-0.1, -0.05) is 52.7 Å². The van der Waals surface area contributed by atoms with Gasteiger partial charge >= 0.3 is 0 Å². The molecule has 2 aromatic rings. The van der Waals surface area contributed by atoms with Crippen LogP contribution in [-0.4, -0.2) is 9.97 Å². The van der Waals surface area contributed by atoms with Crippen LogP contribution in [0.2, 0.25) is 0 Å². The molecule has 0 fully saturated rings. The Bertz CT molecular complexity index is 568. The quantitative estimate of drug-likeness (QED) is 0.614. The molecule has 1 atom stereocenters. The highest BCUT2D eigenvalue weighted by Crippen LogP contribution is 2.29. The number of halogens is 1. The predicted octanol–water partition coefficient (Wildman–Crippen LogP) is 4.42. The zero-order valence-electron chi connectivity index (χ0n) is 11.6. The first-order chi connectivity index (χ1) is 9.84. The molecule has 0 spiro atoms. The molecular weight excluding hydrogens is 312 g/mol. The zero-order chi connectivity index (χ0) is 13.8. The fraction of sp³-hybridized carbons (Fsp3) is 0.412. The van der Waals surface area contributed by atoms with Crippen molar-refractivity contribution in [2.45, 2.75) is 43.4 Å². The fourth-order valence-corrected chi connectivity index (χ4v) is 3.50. The molecular formula is C17H19BrN2. The molecule has 1 heterocycles. The Balaban J connectivity index is 1.84. The van der Waals surface area contributed by atoms with Gasteiger partial charge in [0.25, 0.3) is 0 Å². The first kappa shape index (κ1) is 13.7. The Morgan fingerprint density at radius 1 is 1.00 bits per heavy atom. The number of hydrogen-bond acceptors (Lipinski definition) is 2. The van der Waals surface area contributed by atoms with Crippen molar-refractivity contribution in [1.82, 2.24) is 9.97 Å². The highest BCUT2D eigenvalue weighted by atomic mass is 79.9. The lowest BCUT2D eigenvalue weighted by molar-refractivity contribution is 0.707. The summed E-state index contributed by atoms with van der Waals surface area (Å²) in [5.41, 5.74) is 5.22. The third kappa shape index (κ3) is 3.09. The van der Waals surface area contributed by atoms with E-state index < -0.39 is 0 Å². The Morgan fingerprint density at radius 2 is 1.80 bits per heavy atom. The molecule has 1 aliphatic carbocycles. The summed E-state index contributed by atoms with van der Waals surface area (Å²) in [6, 6.07) is 10.6. The van der Waals surface area contributed by atoms with Crippen molar-refractivity contribution in [2.24, 2.45) is 0 Å². The van der Waals surface area contributed by atoms with Gasteiger partial charge in [-0.25, -0.2) is 9.97 Å². The number of hydrogen-bond donors (Lipinski definition) is 0. The van der Waals surface area contributed by atoms with Crippen LogP contribution < -0.4 is 0 Å². The van der Waals surface area contributed by atoms with E-state index in [1.165, 1.54) is 41.8 Å². The number of aromatic nitrogens is 2. The third-order valence-electron chi connectivity index (χ3n) is 4.00. The summed E-state index contributed by atoms with van der Waals surface area (Å²) in [5.74, 6) is 0. The largest absolute Gasteiger partial charge is 0.241 e. The van der Waals surface area contributed by atoms with E-state index in [-0.39, 0.29) is 0 Å². The average molecular weight is 331 g/mol. The fourth-order valence-electron chi connectivity index (χ4n) is 2.89. The zero-order valence-corrected chi connectivity index (χ0v) is 13.1. The van der Waals surface area contributed by atoms with Gasteiger partial charge in [0.2, 0.25) is 0 Å². The monoisotopic (exact) mass is 330 g/mol. The Morgan fingerprint density at radius 3 is 2.65 bits per heavy atom. The minimum atomic E-state index is 0.325. The van der Waals surface area contributed by atoms with Crippen molar-refractivity contribution in [3.8, 4) is 0 Å². The van der Waals surface area contributed by atoms with E-state index in [0.717, 1.165) is 19.3 Å². The number of aryl methyl sites for hydroxylation is 1. The van der Waals surface area contributed by atoms with Gasteiger partial charge < -0.3 is 0 Å². The van der Waals surface area contributed by atoms with Crippen LogP contribution in [-0.2, 0) is 19.3 Å². The molecule has 1 aromatic heterocycles. The number of alkyl halides is 1. The smallest absolute Gasteiger partial charge is 0.115 e. The van der Waals surface area contributed by atoms with Gasteiger partial charge in [0.1, 0.15) is 6.33 Å². The normalized spacial score (nSPS) is 16.2. The van der Waals surface area contributed by atoms with Crippen molar-refractivity contribution >= 4 is 15.9 Å². The third-order valence-corrected chi connectivity index (χ3v) is 4.85. The second-order valence-corrected chi connectivity index (χ2v) is 6.49. The molecule has 1 unspecified atom stereocenters. The molecule has 1 aromatic carbocycles. The topological polar surface area (TPSA) is 25.8 Å². The second kappa shape index (κ2) is 6.49. The highest BCUT2D eigenvalue weighted by Gasteiger charge is 2.17. The number of rotatable bonds is 3. The summed E-state index contributed by atoms with van der Waals surface area (Å²) in [6.45, 7) is 0. The van der Waals surface area contributed by atoms with Gasteiger partial charge in [0.05, 0.1) is 0 Å². The lowest BCUT2D eigenvalue weighted by Crippen LogP contribution is -2.07. The van der Waals surface area contributed by atoms with Crippen molar-refractivity contribution < 1.29 is 0 Å². The van der Waals surface area contributed by atoms with Gasteiger partial charge in [-0.3, -0.25) is 0 Å². The molecule has 3 rings (SSSR count). The molecule has 0 N–H and O–H groups in total. The van der Waals surface area contributed by atoms with E-state index in [1.807, 2.05) is 0 Å². The van der Waals surface area contributed by atoms with Gasteiger partial charge in [-0.05, 0) is 36.8 Å². The van der Waals surface area contributed by atoms with Gasteiger partial charge in [-0.2, -0.15) is 0 Å². The number of benzene rings is 1. The van der Waals surface area contributed by atoms with Crippen LogP contribution in [0.5, 0.6) is 0 Å². The lowest BCUT2D eigenvalue weighted by Gasteiger charge is -2.14. The lowest BCUT2D eigenvalue weighted by atomic mass is 10.0. The van der Waals surface area contributed by atoms with Crippen LogP contribution in [0.4, 0.5) is 0 Å². The molecule has 0 radical (unpaired) electrons. The summed E-state index contributed by atoms with van der Waals surface area (Å²) in [7, 11) is 0. The predicted molar refractivity (Wildman–Crippen MR) is 85.1 cm³/mol. The molecule has 0 saturated heterocycles. The average Bonchev–Trinajstić information content (AvgIpc) is 2.74. The minimum absolute atomic E-state index is 0.325. The molecule has 20 heavy (non-hydrogen) atoms. The van der Waals surface area contributed by atoms with Crippen molar-refractivity contribution in [3.05, 3.63) is 59.2 Å². The Kier molecular flexibility index (Phi) is 4.46. The molecule has 0 aliphatic heterocycles. The standard InChI is InChI=1S/C17H19BrN2/c18-15(13-7-3-1-4-8-13)11-17-14-9-5-2-6-10-16(14)19-12-20-17/h1,3-4,7-8,12,15H,2,5-6,9-11H2. The molecule has 2 nitrogen and oxygen atoms in total. The summed E-state index contributed by atoms with van der Waals surface area (Å²) >= 11 is 3.81. The van der Waals surface area contributed by atoms with E-state index >= 15 is 0 Å². The van der Waals surface area contributed by atoms with Crippen molar-refractivity contribution in [2.75, 3.05) is 0 Å². The summed E-state index contributed by atoms with van der Waals surface area (Å²) in [5, 5.41) is 0. The van der Waals surface area contributed by atoms with Crippen LogP contribution >= 0.6 is 15.9 Å². The van der Waals surface area contributed by atoms with Gasteiger partial charge in [0.15, 0.2) is 0 Å². The summed E-state index contributed by atoms with van der Waals surface area (Å²) < 4.78 is 0. The minimum Gasteiger partial charge on any atom is -0.241 e. The van der Waals surface area contributed by atoms with Crippen molar-refractivity contribution in [1.29, 1.82) is 0 Å². The van der Waals surface area contributed by atoms with Crippen LogP contribution in [0.1, 0.15) is 46.6 Å². The molecule has 104 valence electrons. The molecule has 0 saturated carbocycles. The highest BCUT2D eigenvalue weighted by molar-refractivity contribution is 9.09. The molecule has 0 bridgehead atoms. The first-order valence-corrected chi connectivity index (χ1v) is 8.27.